The molecule has 0 aliphatic heterocycles. The zero-order chi connectivity index (χ0) is 12.3. The van der Waals surface area contributed by atoms with Gasteiger partial charge in [-0.1, -0.05) is 0 Å². The molecule has 1 aromatic carbocycles. The standard InChI is InChI=1S/C9H14N2O4S/c1-15-9-7(11)4-6(2-3-10)5-8(9)16(12,13)14/h4-5H,2-3,10-11H2,1H3,(H,12,13,14). The fourth-order valence-electron chi connectivity index (χ4n) is 1.40. The van der Waals surface area contributed by atoms with Crippen LogP contribution in [0.5, 0.6) is 5.75 Å². The third-order valence-corrected chi connectivity index (χ3v) is 2.92. The summed E-state index contributed by atoms with van der Waals surface area (Å²) in [5.41, 5.74) is 11.8. The summed E-state index contributed by atoms with van der Waals surface area (Å²) in [5, 5.41) is 0. The summed E-state index contributed by atoms with van der Waals surface area (Å²) in [5.74, 6) is -0.0525. The van der Waals surface area contributed by atoms with Crippen molar-refractivity contribution in [3.63, 3.8) is 0 Å². The van der Waals surface area contributed by atoms with Gasteiger partial charge in [0, 0.05) is 0 Å². The number of rotatable bonds is 4. The van der Waals surface area contributed by atoms with E-state index >= 15 is 0 Å². The Morgan fingerprint density at radius 2 is 2.06 bits per heavy atom. The van der Waals surface area contributed by atoms with Gasteiger partial charge in [-0.15, -0.1) is 0 Å². The molecule has 0 radical (unpaired) electrons. The molecule has 0 saturated heterocycles. The number of nitrogens with two attached hydrogens (primary N) is 2. The van der Waals surface area contributed by atoms with Crippen LogP contribution in [0.2, 0.25) is 0 Å². The van der Waals surface area contributed by atoms with E-state index in [-0.39, 0.29) is 16.3 Å². The fourth-order valence-corrected chi connectivity index (χ4v) is 2.14. The topological polar surface area (TPSA) is 116 Å². The van der Waals surface area contributed by atoms with Crippen molar-refractivity contribution in [2.75, 3.05) is 19.4 Å². The lowest BCUT2D eigenvalue weighted by molar-refractivity contribution is 0.399. The smallest absolute Gasteiger partial charge is 0.298 e. The average molecular weight is 246 g/mol. The van der Waals surface area contributed by atoms with Gasteiger partial charge in [0.25, 0.3) is 10.1 Å². The Morgan fingerprint density at radius 1 is 1.44 bits per heavy atom. The molecule has 0 atom stereocenters. The minimum atomic E-state index is -4.35. The molecule has 0 aliphatic rings. The van der Waals surface area contributed by atoms with Crippen molar-refractivity contribution in [2.45, 2.75) is 11.3 Å². The van der Waals surface area contributed by atoms with Gasteiger partial charge in [-0.3, -0.25) is 4.55 Å². The van der Waals surface area contributed by atoms with Gasteiger partial charge in [0.2, 0.25) is 0 Å². The van der Waals surface area contributed by atoms with Crippen LogP contribution in [0.1, 0.15) is 5.56 Å². The molecule has 1 aromatic rings. The zero-order valence-corrected chi connectivity index (χ0v) is 9.62. The van der Waals surface area contributed by atoms with Crippen molar-refractivity contribution >= 4 is 15.8 Å². The highest BCUT2D eigenvalue weighted by Crippen LogP contribution is 2.31. The largest absolute Gasteiger partial charge is 0.493 e. The molecule has 0 aromatic heterocycles. The second-order valence-electron chi connectivity index (χ2n) is 3.23. The molecule has 0 unspecified atom stereocenters. The van der Waals surface area contributed by atoms with E-state index in [0.29, 0.717) is 18.5 Å². The number of benzene rings is 1. The molecule has 0 bridgehead atoms. The number of hydrogen-bond donors (Lipinski definition) is 3. The van der Waals surface area contributed by atoms with Crippen LogP contribution in [0.15, 0.2) is 17.0 Å². The van der Waals surface area contributed by atoms with Gasteiger partial charge in [-0.05, 0) is 30.7 Å². The van der Waals surface area contributed by atoms with Crippen molar-refractivity contribution in [3.8, 4) is 5.75 Å². The van der Waals surface area contributed by atoms with Crippen molar-refractivity contribution in [3.05, 3.63) is 17.7 Å². The lowest BCUT2D eigenvalue weighted by Crippen LogP contribution is -2.08. The summed E-state index contributed by atoms with van der Waals surface area (Å²) in [4.78, 5) is -0.335. The van der Waals surface area contributed by atoms with Crippen LogP contribution in [0.3, 0.4) is 0 Å². The SMILES string of the molecule is COc1c(N)cc(CCN)cc1S(=O)(=O)O. The van der Waals surface area contributed by atoms with E-state index in [0.717, 1.165) is 0 Å². The predicted octanol–water partition coefficient (Wildman–Crippen LogP) is 0.0253. The highest BCUT2D eigenvalue weighted by molar-refractivity contribution is 7.86. The number of nitrogen functional groups attached to an aromatic ring is 1. The van der Waals surface area contributed by atoms with Crippen LogP contribution in [-0.2, 0) is 16.5 Å². The van der Waals surface area contributed by atoms with Crippen LogP contribution in [0.4, 0.5) is 5.69 Å². The summed E-state index contributed by atoms with van der Waals surface area (Å²) in [6, 6.07) is 2.87. The summed E-state index contributed by atoms with van der Waals surface area (Å²) < 4.78 is 36.1. The summed E-state index contributed by atoms with van der Waals surface area (Å²) >= 11 is 0. The van der Waals surface area contributed by atoms with Crippen molar-refractivity contribution in [2.24, 2.45) is 5.73 Å². The Labute approximate surface area is 93.9 Å². The van der Waals surface area contributed by atoms with Gasteiger partial charge in [0.1, 0.15) is 4.90 Å². The first-order chi connectivity index (χ1) is 7.40. The molecule has 0 heterocycles. The normalized spacial score (nSPS) is 11.4. The van der Waals surface area contributed by atoms with E-state index in [1.807, 2.05) is 0 Å². The van der Waals surface area contributed by atoms with Crippen molar-refractivity contribution in [1.29, 1.82) is 0 Å². The summed E-state index contributed by atoms with van der Waals surface area (Å²) in [6.45, 7) is 0.358. The second kappa shape index (κ2) is 4.69. The van der Waals surface area contributed by atoms with Gasteiger partial charge >= 0.3 is 0 Å². The lowest BCUT2D eigenvalue weighted by atomic mass is 10.1. The van der Waals surface area contributed by atoms with Gasteiger partial charge in [-0.2, -0.15) is 8.42 Å². The fraction of sp³-hybridized carbons (Fsp3) is 0.333. The van der Waals surface area contributed by atoms with E-state index in [9.17, 15) is 8.42 Å². The molecule has 90 valence electrons. The minimum absolute atomic E-state index is 0.0525. The molecule has 0 aliphatic carbocycles. The predicted molar refractivity (Wildman–Crippen MR) is 60.0 cm³/mol. The molecule has 0 saturated carbocycles. The average Bonchev–Trinajstić information content (AvgIpc) is 2.16. The molecular formula is C9H14N2O4S. The maximum Gasteiger partial charge on any atom is 0.298 e. The third kappa shape index (κ3) is 2.63. The van der Waals surface area contributed by atoms with Crippen LogP contribution in [0, 0.1) is 0 Å². The van der Waals surface area contributed by atoms with Gasteiger partial charge in [-0.25, -0.2) is 0 Å². The monoisotopic (exact) mass is 246 g/mol. The van der Waals surface area contributed by atoms with E-state index < -0.39 is 10.1 Å². The molecule has 5 N–H and O–H groups in total. The molecule has 16 heavy (non-hydrogen) atoms. The maximum atomic E-state index is 11.1. The molecule has 0 amide bonds. The Balaban J connectivity index is 3.43. The Bertz CT molecular complexity index is 485. The van der Waals surface area contributed by atoms with Crippen LogP contribution >= 0.6 is 0 Å². The van der Waals surface area contributed by atoms with Gasteiger partial charge in [0.15, 0.2) is 5.75 Å². The van der Waals surface area contributed by atoms with Crippen LogP contribution in [0.25, 0.3) is 0 Å². The number of hydrogen-bond acceptors (Lipinski definition) is 5. The second-order valence-corrected chi connectivity index (χ2v) is 4.62. The van der Waals surface area contributed by atoms with Crippen molar-refractivity contribution < 1.29 is 17.7 Å². The van der Waals surface area contributed by atoms with E-state index in [4.69, 9.17) is 20.8 Å². The highest BCUT2D eigenvalue weighted by atomic mass is 32.2. The molecule has 7 heteroatoms. The molecule has 1 rings (SSSR count). The zero-order valence-electron chi connectivity index (χ0n) is 8.80. The number of ether oxygens (including phenoxy) is 1. The Kier molecular flexibility index (Phi) is 3.74. The maximum absolute atomic E-state index is 11.1. The number of methoxy groups -OCH3 is 1. The minimum Gasteiger partial charge on any atom is -0.493 e. The van der Waals surface area contributed by atoms with Crippen LogP contribution < -0.4 is 16.2 Å². The lowest BCUT2D eigenvalue weighted by Gasteiger charge is -2.11. The molecule has 0 fully saturated rings. The first-order valence-electron chi connectivity index (χ1n) is 4.54. The van der Waals surface area contributed by atoms with E-state index in [1.165, 1.54) is 13.2 Å². The molecule has 6 nitrogen and oxygen atoms in total. The van der Waals surface area contributed by atoms with E-state index in [2.05, 4.69) is 0 Å². The van der Waals surface area contributed by atoms with E-state index in [1.54, 1.807) is 6.07 Å². The third-order valence-electron chi connectivity index (χ3n) is 2.06. The van der Waals surface area contributed by atoms with Crippen LogP contribution in [-0.4, -0.2) is 26.6 Å². The summed E-state index contributed by atoms with van der Waals surface area (Å²) in [6.07, 6.45) is 0.469. The van der Waals surface area contributed by atoms with Gasteiger partial charge < -0.3 is 16.2 Å². The quantitative estimate of drug-likeness (QED) is 0.509. The summed E-state index contributed by atoms with van der Waals surface area (Å²) in [7, 11) is -3.07. The van der Waals surface area contributed by atoms with Gasteiger partial charge in [0.05, 0.1) is 12.8 Å². The number of anilines is 1. The van der Waals surface area contributed by atoms with Crippen molar-refractivity contribution in [1.82, 2.24) is 0 Å². The highest BCUT2D eigenvalue weighted by Gasteiger charge is 2.19. The Morgan fingerprint density at radius 3 is 2.50 bits per heavy atom. The first-order valence-corrected chi connectivity index (χ1v) is 5.98. The molecule has 0 spiro atoms. The molecular weight excluding hydrogens is 232 g/mol. The Hall–Kier alpha value is -1.31. The first kappa shape index (κ1) is 12.8.